The Balaban J connectivity index is 1.61. The molecular weight excluding hydrogens is 410 g/mol. The minimum absolute atomic E-state index is 0.120. The van der Waals surface area contributed by atoms with Crippen molar-refractivity contribution in [3.8, 4) is 5.75 Å². The van der Waals surface area contributed by atoms with Crippen molar-refractivity contribution in [2.75, 3.05) is 0 Å². The molecule has 0 N–H and O–H groups in total. The first-order chi connectivity index (χ1) is 15.8. The van der Waals surface area contributed by atoms with Gasteiger partial charge in [-0.3, -0.25) is 4.79 Å². The Kier molecular flexibility index (Phi) is 6.55. The molecule has 0 unspecified atom stereocenters. The number of nitrogens with zero attached hydrogens (tertiary/aromatic N) is 1. The van der Waals surface area contributed by atoms with Crippen LogP contribution in [-0.2, 0) is 34.7 Å². The maximum Gasteiger partial charge on any atom is 0.303 e. The molecule has 3 aromatic carbocycles. The smallest absolute Gasteiger partial charge is 0.303 e. The first-order valence-electron chi connectivity index (χ1n) is 11.3. The minimum atomic E-state index is -0.284. The van der Waals surface area contributed by atoms with E-state index in [-0.39, 0.29) is 18.0 Å². The van der Waals surface area contributed by atoms with Gasteiger partial charge >= 0.3 is 5.97 Å². The lowest BCUT2D eigenvalue weighted by Crippen LogP contribution is -2.11. The number of hydrogen-bond donors (Lipinski definition) is 0. The number of carbonyl (C=O) groups is 1. The molecule has 0 fully saturated rings. The molecule has 0 bridgehead atoms. The number of benzene rings is 3. The maximum absolute atomic E-state index is 11.5. The fourth-order valence-electron chi connectivity index (χ4n) is 3.91. The van der Waals surface area contributed by atoms with Crippen molar-refractivity contribution in [2.45, 2.75) is 52.9 Å². The highest BCUT2D eigenvalue weighted by atomic mass is 16.5. The van der Waals surface area contributed by atoms with Gasteiger partial charge in [-0.2, -0.15) is 0 Å². The Morgan fingerprint density at radius 1 is 0.848 bits per heavy atom. The van der Waals surface area contributed by atoms with E-state index in [1.54, 1.807) is 0 Å². The topological polar surface area (TPSA) is 40.5 Å². The lowest BCUT2D eigenvalue weighted by molar-refractivity contribution is -0.142. The monoisotopic (exact) mass is 441 g/mol. The molecule has 33 heavy (non-hydrogen) atoms. The van der Waals surface area contributed by atoms with Crippen LogP contribution in [-0.4, -0.2) is 10.5 Å². The quantitative estimate of drug-likeness (QED) is 0.302. The van der Waals surface area contributed by atoms with Crippen LogP contribution >= 0.6 is 0 Å². The van der Waals surface area contributed by atoms with Crippen LogP contribution in [0.3, 0.4) is 0 Å². The summed E-state index contributed by atoms with van der Waals surface area (Å²) < 4.78 is 13.6. The summed E-state index contributed by atoms with van der Waals surface area (Å²) in [6.07, 6.45) is 0. The number of aromatic nitrogens is 1. The van der Waals surface area contributed by atoms with Crippen LogP contribution in [0.15, 0.2) is 78.9 Å². The first-order valence-corrected chi connectivity index (χ1v) is 11.3. The minimum Gasteiger partial charge on any atom is -0.489 e. The summed E-state index contributed by atoms with van der Waals surface area (Å²) >= 11 is 0. The molecule has 0 atom stereocenters. The Bertz CT molecular complexity index is 1230. The molecule has 0 aliphatic heterocycles. The molecule has 4 nitrogen and oxygen atoms in total. The number of fused-ring (bicyclic) bond motifs is 1. The van der Waals surface area contributed by atoms with Crippen molar-refractivity contribution in [2.24, 2.45) is 0 Å². The summed E-state index contributed by atoms with van der Waals surface area (Å²) in [6.45, 7) is 9.56. The number of rotatable bonds is 7. The van der Waals surface area contributed by atoms with Gasteiger partial charge in [0.1, 0.15) is 19.0 Å². The van der Waals surface area contributed by atoms with Gasteiger partial charge in [-0.1, -0.05) is 75.4 Å². The van der Waals surface area contributed by atoms with Crippen LogP contribution in [0.1, 0.15) is 50.1 Å². The number of esters is 1. The van der Waals surface area contributed by atoms with Crippen LogP contribution < -0.4 is 4.74 Å². The van der Waals surface area contributed by atoms with E-state index >= 15 is 0 Å². The highest BCUT2D eigenvalue weighted by molar-refractivity contribution is 5.83. The van der Waals surface area contributed by atoms with Crippen LogP contribution in [0.5, 0.6) is 5.75 Å². The predicted molar refractivity (Wildman–Crippen MR) is 132 cm³/mol. The summed E-state index contributed by atoms with van der Waals surface area (Å²) in [5.41, 5.74) is 5.81. The standard InChI is InChI=1S/C29H31NO3/c1-21(31)32-20-26-16-24-17-27(33-19-23-8-6-5-7-9-23)14-15-28(24)30(26)18-22-10-12-25(13-11-22)29(2,3)4/h5-17H,18-20H2,1-4H3. The van der Waals surface area contributed by atoms with Crippen molar-refractivity contribution in [1.82, 2.24) is 4.57 Å². The number of hydrogen-bond acceptors (Lipinski definition) is 3. The summed E-state index contributed by atoms with van der Waals surface area (Å²) in [4.78, 5) is 11.5. The summed E-state index contributed by atoms with van der Waals surface area (Å²) in [5.74, 6) is 0.533. The Morgan fingerprint density at radius 3 is 2.24 bits per heavy atom. The molecule has 0 radical (unpaired) electrons. The second kappa shape index (κ2) is 9.53. The molecule has 1 aromatic heterocycles. The van der Waals surface area contributed by atoms with Crippen molar-refractivity contribution in [1.29, 1.82) is 0 Å². The van der Waals surface area contributed by atoms with Gasteiger partial charge < -0.3 is 14.0 Å². The molecule has 0 saturated carbocycles. The fraction of sp³-hybridized carbons (Fsp3) is 0.276. The van der Waals surface area contributed by atoms with Crippen LogP contribution in [0.4, 0.5) is 0 Å². The molecule has 0 amide bonds. The number of carbonyl (C=O) groups excluding carboxylic acids is 1. The third kappa shape index (κ3) is 5.64. The van der Waals surface area contributed by atoms with Crippen molar-refractivity contribution in [3.63, 3.8) is 0 Å². The summed E-state index contributed by atoms with van der Waals surface area (Å²) in [6, 6.07) is 27.1. The molecule has 4 aromatic rings. The first kappa shape index (κ1) is 22.7. The molecule has 170 valence electrons. The lowest BCUT2D eigenvalue weighted by Gasteiger charge is -2.19. The van der Waals surface area contributed by atoms with Gasteiger partial charge in [0, 0.05) is 24.4 Å². The van der Waals surface area contributed by atoms with E-state index in [1.165, 1.54) is 18.1 Å². The van der Waals surface area contributed by atoms with Gasteiger partial charge in [0.25, 0.3) is 0 Å². The second-order valence-corrected chi connectivity index (χ2v) is 9.44. The van der Waals surface area contributed by atoms with E-state index in [2.05, 4.69) is 79.9 Å². The molecule has 0 saturated heterocycles. The van der Waals surface area contributed by atoms with Crippen LogP contribution in [0, 0.1) is 0 Å². The largest absolute Gasteiger partial charge is 0.489 e. The van der Waals surface area contributed by atoms with E-state index in [1.807, 2.05) is 24.3 Å². The normalized spacial score (nSPS) is 11.5. The Hall–Kier alpha value is -3.53. The summed E-state index contributed by atoms with van der Waals surface area (Å²) in [7, 11) is 0. The molecule has 0 aliphatic rings. The van der Waals surface area contributed by atoms with Gasteiger partial charge in [0.05, 0.1) is 5.69 Å². The van der Waals surface area contributed by atoms with Gasteiger partial charge in [-0.25, -0.2) is 0 Å². The molecule has 0 aliphatic carbocycles. The van der Waals surface area contributed by atoms with E-state index in [0.717, 1.165) is 27.9 Å². The number of ether oxygens (including phenoxy) is 2. The molecule has 0 spiro atoms. The highest BCUT2D eigenvalue weighted by Crippen LogP contribution is 2.28. The van der Waals surface area contributed by atoms with E-state index in [9.17, 15) is 4.79 Å². The van der Waals surface area contributed by atoms with Crippen molar-refractivity contribution >= 4 is 16.9 Å². The fourth-order valence-corrected chi connectivity index (χ4v) is 3.91. The highest BCUT2D eigenvalue weighted by Gasteiger charge is 2.15. The maximum atomic E-state index is 11.5. The van der Waals surface area contributed by atoms with Gasteiger partial charge in [-0.05, 0) is 46.4 Å². The Labute approximate surface area is 195 Å². The third-order valence-corrected chi connectivity index (χ3v) is 5.79. The SMILES string of the molecule is CC(=O)OCc1cc2cc(OCc3ccccc3)ccc2n1Cc1ccc(C(C)(C)C)cc1. The molecular formula is C29H31NO3. The van der Waals surface area contributed by atoms with E-state index < -0.39 is 0 Å². The average Bonchev–Trinajstić information content (AvgIpc) is 3.13. The third-order valence-electron chi connectivity index (χ3n) is 5.79. The van der Waals surface area contributed by atoms with Gasteiger partial charge in [0.15, 0.2) is 0 Å². The second-order valence-electron chi connectivity index (χ2n) is 9.44. The zero-order valence-corrected chi connectivity index (χ0v) is 19.8. The van der Waals surface area contributed by atoms with E-state index in [4.69, 9.17) is 9.47 Å². The molecule has 4 heteroatoms. The molecule has 4 rings (SSSR count). The van der Waals surface area contributed by atoms with Crippen molar-refractivity contribution in [3.05, 3.63) is 101 Å². The zero-order chi connectivity index (χ0) is 23.4. The summed E-state index contributed by atoms with van der Waals surface area (Å²) in [5, 5.41) is 1.06. The van der Waals surface area contributed by atoms with Crippen molar-refractivity contribution < 1.29 is 14.3 Å². The lowest BCUT2D eigenvalue weighted by atomic mass is 9.87. The average molecular weight is 442 g/mol. The van der Waals surface area contributed by atoms with Gasteiger partial charge in [0.2, 0.25) is 0 Å². The van der Waals surface area contributed by atoms with E-state index in [0.29, 0.717) is 13.2 Å². The molecule has 1 heterocycles. The Morgan fingerprint density at radius 2 is 1.58 bits per heavy atom. The zero-order valence-electron chi connectivity index (χ0n) is 19.8. The van der Waals surface area contributed by atoms with Crippen LogP contribution in [0.2, 0.25) is 0 Å². The van der Waals surface area contributed by atoms with Crippen LogP contribution in [0.25, 0.3) is 10.9 Å². The van der Waals surface area contributed by atoms with Gasteiger partial charge in [-0.15, -0.1) is 0 Å². The predicted octanol–water partition coefficient (Wildman–Crippen LogP) is 6.63.